The van der Waals surface area contributed by atoms with E-state index in [-0.39, 0.29) is 36.6 Å². The van der Waals surface area contributed by atoms with Gasteiger partial charge in [-0.1, -0.05) is 12.1 Å². The van der Waals surface area contributed by atoms with Crippen LogP contribution in [0.3, 0.4) is 0 Å². The molecule has 128 valence electrons. The number of ether oxygens (including phenoxy) is 1. The van der Waals surface area contributed by atoms with Crippen molar-refractivity contribution < 1.29 is 14.3 Å². The fraction of sp³-hybridized carbons (Fsp3) is 0.500. The number of nitrogens with two attached hydrogens (primary N) is 1. The Hall–Kier alpha value is -1.79. The van der Waals surface area contributed by atoms with Gasteiger partial charge in [0.15, 0.2) is 0 Å². The molecule has 1 aliphatic heterocycles. The maximum absolute atomic E-state index is 12.0. The van der Waals surface area contributed by atoms with Gasteiger partial charge >= 0.3 is 0 Å². The van der Waals surface area contributed by atoms with E-state index in [2.05, 4.69) is 5.32 Å². The van der Waals surface area contributed by atoms with Gasteiger partial charge in [-0.05, 0) is 30.7 Å². The van der Waals surface area contributed by atoms with Crippen molar-refractivity contribution in [1.29, 1.82) is 0 Å². The van der Waals surface area contributed by atoms with Crippen molar-refractivity contribution in [1.82, 2.24) is 10.2 Å². The maximum atomic E-state index is 12.0. The zero-order valence-electron chi connectivity index (χ0n) is 13.3. The molecular formula is C16H24ClN3O3. The van der Waals surface area contributed by atoms with Crippen molar-refractivity contribution in [3.05, 3.63) is 29.8 Å². The summed E-state index contributed by atoms with van der Waals surface area (Å²) in [5.74, 6) is 0.492. The van der Waals surface area contributed by atoms with E-state index < -0.39 is 0 Å². The summed E-state index contributed by atoms with van der Waals surface area (Å²) in [5, 5.41) is 2.83. The van der Waals surface area contributed by atoms with Crippen molar-refractivity contribution in [2.45, 2.75) is 19.4 Å². The van der Waals surface area contributed by atoms with Crippen LogP contribution in [-0.4, -0.2) is 43.5 Å². The number of methoxy groups -OCH3 is 1. The van der Waals surface area contributed by atoms with E-state index in [1.54, 1.807) is 12.0 Å². The Kier molecular flexibility index (Phi) is 7.85. The molecule has 0 spiro atoms. The van der Waals surface area contributed by atoms with Crippen LogP contribution in [0.2, 0.25) is 0 Å². The largest absolute Gasteiger partial charge is 0.497 e. The summed E-state index contributed by atoms with van der Waals surface area (Å²) in [6.07, 6.45) is 1.03. The molecule has 6 nitrogen and oxygen atoms in total. The fourth-order valence-electron chi connectivity index (χ4n) is 2.51. The van der Waals surface area contributed by atoms with E-state index in [4.69, 9.17) is 10.5 Å². The Balaban J connectivity index is 0.00000264. The predicted molar refractivity (Wildman–Crippen MR) is 90.4 cm³/mol. The van der Waals surface area contributed by atoms with Gasteiger partial charge < -0.3 is 20.7 Å². The highest BCUT2D eigenvalue weighted by Crippen LogP contribution is 2.21. The molecule has 0 aromatic heterocycles. The van der Waals surface area contributed by atoms with Crippen LogP contribution >= 0.6 is 12.4 Å². The minimum Gasteiger partial charge on any atom is -0.497 e. The average molecular weight is 342 g/mol. The standard InChI is InChI=1S/C16H23N3O3.ClH/c1-22-14-5-3-12(4-6-14)10-19-11-13(9-15(19)20)16(21)18-8-2-7-17;/h3-6,13H,2,7-11,17H2,1H3,(H,18,21);1H. The van der Waals surface area contributed by atoms with Gasteiger partial charge in [0.25, 0.3) is 0 Å². The lowest BCUT2D eigenvalue weighted by Crippen LogP contribution is -2.34. The number of hydrogen-bond acceptors (Lipinski definition) is 4. The van der Waals surface area contributed by atoms with Gasteiger partial charge in [0.2, 0.25) is 11.8 Å². The molecule has 0 aliphatic carbocycles. The first-order valence-corrected chi connectivity index (χ1v) is 7.52. The smallest absolute Gasteiger partial charge is 0.225 e. The highest BCUT2D eigenvalue weighted by molar-refractivity contribution is 5.89. The normalized spacial score (nSPS) is 16.9. The van der Waals surface area contributed by atoms with Gasteiger partial charge in [-0.3, -0.25) is 9.59 Å². The molecule has 3 N–H and O–H groups in total. The van der Waals surface area contributed by atoms with Crippen molar-refractivity contribution in [3.63, 3.8) is 0 Å². The number of nitrogens with zero attached hydrogens (tertiary/aromatic N) is 1. The number of likely N-dealkylation sites (tertiary alicyclic amines) is 1. The first kappa shape index (κ1) is 19.3. The van der Waals surface area contributed by atoms with E-state index in [1.807, 2.05) is 24.3 Å². The molecule has 0 saturated carbocycles. The Labute approximate surface area is 142 Å². The Morgan fingerprint density at radius 2 is 2.09 bits per heavy atom. The molecule has 1 heterocycles. The van der Waals surface area contributed by atoms with E-state index in [9.17, 15) is 9.59 Å². The van der Waals surface area contributed by atoms with Gasteiger partial charge in [0.05, 0.1) is 13.0 Å². The highest BCUT2D eigenvalue weighted by Gasteiger charge is 2.33. The minimum absolute atomic E-state index is 0. The lowest BCUT2D eigenvalue weighted by Gasteiger charge is -2.17. The van der Waals surface area contributed by atoms with Crippen LogP contribution < -0.4 is 15.8 Å². The second-order valence-electron chi connectivity index (χ2n) is 5.46. The summed E-state index contributed by atoms with van der Waals surface area (Å²) >= 11 is 0. The maximum Gasteiger partial charge on any atom is 0.225 e. The third-order valence-electron chi connectivity index (χ3n) is 3.80. The number of carbonyl (C=O) groups excluding carboxylic acids is 2. The molecule has 7 heteroatoms. The van der Waals surface area contributed by atoms with Gasteiger partial charge in [0.1, 0.15) is 5.75 Å². The predicted octanol–water partition coefficient (Wildman–Crippen LogP) is 0.931. The molecule has 1 aromatic rings. The summed E-state index contributed by atoms with van der Waals surface area (Å²) in [4.78, 5) is 25.8. The second kappa shape index (κ2) is 9.37. The molecule has 1 aromatic carbocycles. The van der Waals surface area contributed by atoms with Crippen LogP contribution in [0.25, 0.3) is 0 Å². The molecule has 2 amide bonds. The lowest BCUT2D eigenvalue weighted by atomic mass is 10.1. The van der Waals surface area contributed by atoms with Crippen LogP contribution in [0, 0.1) is 5.92 Å². The van der Waals surface area contributed by atoms with Gasteiger partial charge in [-0.15, -0.1) is 12.4 Å². The summed E-state index contributed by atoms with van der Waals surface area (Å²) in [6, 6.07) is 7.60. The van der Waals surface area contributed by atoms with Crippen molar-refractivity contribution >= 4 is 24.2 Å². The van der Waals surface area contributed by atoms with Crippen LogP contribution in [0.5, 0.6) is 5.75 Å². The van der Waals surface area contributed by atoms with E-state index >= 15 is 0 Å². The molecule has 1 unspecified atom stereocenters. The van der Waals surface area contributed by atoms with Gasteiger partial charge in [0, 0.05) is 26.1 Å². The SMILES string of the molecule is COc1ccc(CN2CC(C(=O)NCCCN)CC2=O)cc1.Cl. The number of hydrogen-bond donors (Lipinski definition) is 2. The third kappa shape index (κ3) is 5.41. The monoisotopic (exact) mass is 341 g/mol. The number of nitrogens with one attached hydrogen (secondary N) is 1. The molecule has 0 radical (unpaired) electrons. The van der Waals surface area contributed by atoms with E-state index in [0.29, 0.717) is 26.2 Å². The molecule has 1 atom stereocenters. The number of benzene rings is 1. The number of carbonyl (C=O) groups is 2. The van der Waals surface area contributed by atoms with Crippen LogP contribution in [0.1, 0.15) is 18.4 Å². The zero-order chi connectivity index (χ0) is 15.9. The number of rotatable bonds is 7. The molecular weight excluding hydrogens is 318 g/mol. The topological polar surface area (TPSA) is 84.7 Å². The Morgan fingerprint density at radius 1 is 1.39 bits per heavy atom. The molecule has 1 saturated heterocycles. The highest BCUT2D eigenvalue weighted by atomic mass is 35.5. The van der Waals surface area contributed by atoms with Gasteiger partial charge in [-0.25, -0.2) is 0 Å². The second-order valence-corrected chi connectivity index (χ2v) is 5.46. The van der Waals surface area contributed by atoms with Crippen molar-refractivity contribution in [3.8, 4) is 5.75 Å². The summed E-state index contributed by atoms with van der Waals surface area (Å²) in [5.41, 5.74) is 6.42. The quantitative estimate of drug-likeness (QED) is 0.723. The number of amides is 2. The molecule has 23 heavy (non-hydrogen) atoms. The van der Waals surface area contributed by atoms with E-state index in [1.165, 1.54) is 0 Å². The Morgan fingerprint density at radius 3 is 2.70 bits per heavy atom. The molecule has 2 rings (SSSR count). The minimum atomic E-state index is -0.261. The first-order chi connectivity index (χ1) is 10.6. The van der Waals surface area contributed by atoms with Crippen LogP contribution in [0.15, 0.2) is 24.3 Å². The molecule has 1 fully saturated rings. The zero-order valence-corrected chi connectivity index (χ0v) is 14.1. The summed E-state index contributed by atoms with van der Waals surface area (Å²) < 4.78 is 5.11. The first-order valence-electron chi connectivity index (χ1n) is 7.52. The average Bonchev–Trinajstić information content (AvgIpc) is 2.89. The Bertz CT molecular complexity index is 522. The van der Waals surface area contributed by atoms with Crippen molar-refractivity contribution in [2.75, 3.05) is 26.7 Å². The number of halogens is 1. The summed E-state index contributed by atoms with van der Waals surface area (Å²) in [7, 11) is 1.62. The molecule has 0 bridgehead atoms. The fourth-order valence-corrected chi connectivity index (χ4v) is 2.51. The van der Waals surface area contributed by atoms with Crippen molar-refractivity contribution in [2.24, 2.45) is 11.7 Å². The van der Waals surface area contributed by atoms with Gasteiger partial charge in [-0.2, -0.15) is 0 Å². The van der Waals surface area contributed by atoms with Crippen LogP contribution in [-0.2, 0) is 16.1 Å². The summed E-state index contributed by atoms with van der Waals surface area (Å²) in [6.45, 7) is 2.11. The third-order valence-corrected chi connectivity index (χ3v) is 3.80. The molecule has 1 aliphatic rings. The lowest BCUT2D eigenvalue weighted by molar-refractivity contribution is -0.129. The van der Waals surface area contributed by atoms with Crippen LogP contribution in [0.4, 0.5) is 0 Å². The van der Waals surface area contributed by atoms with E-state index in [0.717, 1.165) is 17.7 Å².